The fourth-order valence-electron chi connectivity index (χ4n) is 2.67. The van der Waals surface area contributed by atoms with Crippen LogP contribution in [0.25, 0.3) is 0 Å². The van der Waals surface area contributed by atoms with Crippen LogP contribution in [0.15, 0.2) is 18.2 Å². The van der Waals surface area contributed by atoms with E-state index in [9.17, 15) is 14.0 Å². The molecule has 0 saturated carbocycles. The number of Topliss-reactive ketones (excluding diaryl/α,β-unsaturated/α-hetero) is 1. The summed E-state index contributed by atoms with van der Waals surface area (Å²) in [6, 6.07) is 4.17. The quantitative estimate of drug-likeness (QED) is 0.766. The van der Waals surface area contributed by atoms with Crippen LogP contribution in [0.1, 0.15) is 36.5 Å². The number of hydrogen-bond acceptors (Lipinski definition) is 4. The molecule has 2 N–H and O–H groups in total. The third-order valence-electron chi connectivity index (χ3n) is 4.23. The lowest BCUT2D eigenvalue weighted by Gasteiger charge is -2.30. The van der Waals surface area contributed by atoms with Gasteiger partial charge in [-0.05, 0) is 37.1 Å². The molecule has 1 saturated heterocycles. The number of carbonyl (C=O) groups is 2. The van der Waals surface area contributed by atoms with Gasteiger partial charge in [-0.15, -0.1) is 12.4 Å². The van der Waals surface area contributed by atoms with Crippen molar-refractivity contribution in [2.45, 2.75) is 32.2 Å². The molecule has 0 radical (unpaired) electrons. The zero-order valence-corrected chi connectivity index (χ0v) is 14.7. The molecular weight excluding hydrogens is 335 g/mol. The second kappa shape index (κ2) is 9.59. The van der Waals surface area contributed by atoms with Crippen LogP contribution in [-0.4, -0.2) is 37.9 Å². The van der Waals surface area contributed by atoms with Crippen molar-refractivity contribution < 1.29 is 18.7 Å². The molecule has 134 valence electrons. The molecule has 1 amide bonds. The Hall–Kier alpha value is -1.66. The lowest BCUT2D eigenvalue weighted by molar-refractivity contribution is -0.122. The SMILES string of the molecule is COc1ccc(C(=O)CCC(=O)NC2CNCCC2C)cc1F.Cl. The van der Waals surface area contributed by atoms with E-state index in [1.54, 1.807) is 0 Å². The van der Waals surface area contributed by atoms with Gasteiger partial charge in [-0.1, -0.05) is 6.92 Å². The minimum Gasteiger partial charge on any atom is -0.494 e. The maximum Gasteiger partial charge on any atom is 0.220 e. The first-order valence-corrected chi connectivity index (χ1v) is 7.88. The summed E-state index contributed by atoms with van der Waals surface area (Å²) in [5, 5.41) is 6.20. The van der Waals surface area contributed by atoms with Gasteiger partial charge in [0.1, 0.15) is 0 Å². The van der Waals surface area contributed by atoms with Gasteiger partial charge >= 0.3 is 0 Å². The molecule has 1 aromatic carbocycles. The molecule has 0 aliphatic carbocycles. The molecule has 0 bridgehead atoms. The van der Waals surface area contributed by atoms with Crippen molar-refractivity contribution in [2.75, 3.05) is 20.2 Å². The maximum absolute atomic E-state index is 13.6. The second-order valence-electron chi connectivity index (χ2n) is 5.92. The van der Waals surface area contributed by atoms with Crippen molar-refractivity contribution in [3.63, 3.8) is 0 Å². The van der Waals surface area contributed by atoms with E-state index in [1.807, 2.05) is 0 Å². The highest BCUT2D eigenvalue weighted by Crippen LogP contribution is 2.19. The van der Waals surface area contributed by atoms with E-state index in [0.29, 0.717) is 5.92 Å². The molecule has 1 aliphatic heterocycles. The van der Waals surface area contributed by atoms with E-state index < -0.39 is 5.82 Å². The van der Waals surface area contributed by atoms with Gasteiger partial charge < -0.3 is 15.4 Å². The van der Waals surface area contributed by atoms with Crippen LogP contribution in [0, 0.1) is 11.7 Å². The van der Waals surface area contributed by atoms with Gasteiger partial charge in [0.2, 0.25) is 5.91 Å². The topological polar surface area (TPSA) is 67.4 Å². The Morgan fingerprint density at radius 2 is 2.12 bits per heavy atom. The Bertz CT molecular complexity index is 583. The zero-order chi connectivity index (χ0) is 16.8. The fourth-order valence-corrected chi connectivity index (χ4v) is 2.67. The molecule has 0 aromatic heterocycles. The predicted molar refractivity (Wildman–Crippen MR) is 92.3 cm³/mol. The van der Waals surface area contributed by atoms with Crippen LogP contribution >= 0.6 is 12.4 Å². The normalized spacial score (nSPS) is 20.0. The summed E-state index contributed by atoms with van der Waals surface area (Å²) in [4.78, 5) is 24.0. The van der Waals surface area contributed by atoms with Crippen LogP contribution in [0.4, 0.5) is 4.39 Å². The Morgan fingerprint density at radius 1 is 1.38 bits per heavy atom. The lowest BCUT2D eigenvalue weighted by Crippen LogP contribution is -2.50. The van der Waals surface area contributed by atoms with Gasteiger partial charge in [0, 0.05) is 31.0 Å². The van der Waals surface area contributed by atoms with Crippen LogP contribution in [0.5, 0.6) is 5.75 Å². The average Bonchev–Trinajstić information content (AvgIpc) is 2.54. The fraction of sp³-hybridized carbons (Fsp3) is 0.529. The van der Waals surface area contributed by atoms with Gasteiger partial charge in [0.05, 0.1) is 7.11 Å². The molecule has 5 nitrogen and oxygen atoms in total. The molecule has 2 rings (SSSR count). The molecule has 1 aromatic rings. The first-order chi connectivity index (χ1) is 11.0. The number of carbonyl (C=O) groups excluding carboxylic acids is 2. The molecule has 2 atom stereocenters. The van der Waals surface area contributed by atoms with Crippen LogP contribution in [-0.2, 0) is 4.79 Å². The van der Waals surface area contributed by atoms with Crippen molar-refractivity contribution >= 4 is 24.1 Å². The third-order valence-corrected chi connectivity index (χ3v) is 4.23. The standard InChI is InChI=1S/C17H23FN2O3.ClH/c1-11-7-8-19-10-14(11)20-17(22)6-4-15(21)12-3-5-16(23-2)13(18)9-12;/h3,5,9,11,14,19H,4,6-8,10H2,1-2H3,(H,20,22);1H. The summed E-state index contributed by atoms with van der Waals surface area (Å²) in [5.41, 5.74) is 0.254. The third kappa shape index (κ3) is 5.46. The number of benzene rings is 1. The number of rotatable bonds is 6. The highest BCUT2D eigenvalue weighted by atomic mass is 35.5. The Balaban J connectivity index is 0.00000288. The van der Waals surface area contributed by atoms with Gasteiger partial charge in [-0.25, -0.2) is 4.39 Å². The van der Waals surface area contributed by atoms with Crippen molar-refractivity contribution in [1.29, 1.82) is 0 Å². The molecular formula is C17H24ClFN2O3. The first kappa shape index (κ1) is 20.4. The molecule has 2 unspecified atom stereocenters. The van der Waals surface area contributed by atoms with Crippen molar-refractivity contribution in [3.05, 3.63) is 29.6 Å². The first-order valence-electron chi connectivity index (χ1n) is 7.88. The molecule has 0 spiro atoms. The largest absolute Gasteiger partial charge is 0.494 e. The maximum atomic E-state index is 13.6. The molecule has 1 heterocycles. The Labute approximate surface area is 147 Å². The van der Waals surface area contributed by atoms with E-state index >= 15 is 0 Å². The predicted octanol–water partition coefficient (Wildman–Crippen LogP) is 2.33. The highest BCUT2D eigenvalue weighted by Gasteiger charge is 2.22. The summed E-state index contributed by atoms with van der Waals surface area (Å²) in [7, 11) is 1.37. The minimum atomic E-state index is -0.579. The zero-order valence-electron chi connectivity index (χ0n) is 13.9. The summed E-state index contributed by atoms with van der Waals surface area (Å²) in [5.74, 6) is -0.459. The lowest BCUT2D eigenvalue weighted by atomic mass is 9.94. The highest BCUT2D eigenvalue weighted by molar-refractivity contribution is 5.98. The second-order valence-corrected chi connectivity index (χ2v) is 5.92. The van der Waals surface area contributed by atoms with Crippen LogP contribution in [0.3, 0.4) is 0 Å². The van der Waals surface area contributed by atoms with Crippen molar-refractivity contribution in [2.24, 2.45) is 5.92 Å². The number of hydrogen-bond donors (Lipinski definition) is 2. The van der Waals surface area contributed by atoms with Crippen LogP contribution in [0.2, 0.25) is 0 Å². The monoisotopic (exact) mass is 358 g/mol. The Morgan fingerprint density at radius 3 is 2.75 bits per heavy atom. The van der Waals surface area contributed by atoms with Crippen molar-refractivity contribution in [3.8, 4) is 5.75 Å². The molecule has 24 heavy (non-hydrogen) atoms. The van der Waals surface area contributed by atoms with Crippen LogP contribution < -0.4 is 15.4 Å². The van der Waals surface area contributed by atoms with Gasteiger partial charge in [-0.2, -0.15) is 0 Å². The van der Waals surface area contributed by atoms with E-state index in [4.69, 9.17) is 4.74 Å². The van der Waals surface area contributed by atoms with E-state index in [1.165, 1.54) is 19.2 Å². The molecule has 1 fully saturated rings. The minimum absolute atomic E-state index is 0. The van der Waals surface area contributed by atoms with E-state index in [0.717, 1.165) is 25.6 Å². The van der Waals surface area contributed by atoms with Gasteiger partial charge in [0.25, 0.3) is 0 Å². The number of nitrogens with one attached hydrogen (secondary N) is 2. The van der Waals surface area contributed by atoms with E-state index in [-0.39, 0.29) is 54.3 Å². The van der Waals surface area contributed by atoms with Gasteiger partial charge in [-0.3, -0.25) is 9.59 Å². The molecule has 1 aliphatic rings. The molecule has 7 heteroatoms. The number of piperidine rings is 1. The summed E-state index contributed by atoms with van der Waals surface area (Å²) in [6.45, 7) is 3.83. The van der Waals surface area contributed by atoms with E-state index in [2.05, 4.69) is 17.6 Å². The smallest absolute Gasteiger partial charge is 0.220 e. The Kier molecular flexibility index (Phi) is 8.15. The van der Waals surface area contributed by atoms with Gasteiger partial charge in [0.15, 0.2) is 17.3 Å². The number of ketones is 1. The number of halogens is 2. The van der Waals surface area contributed by atoms with Crippen molar-refractivity contribution in [1.82, 2.24) is 10.6 Å². The average molecular weight is 359 g/mol. The number of ether oxygens (including phenoxy) is 1. The number of amides is 1. The summed E-state index contributed by atoms with van der Waals surface area (Å²) in [6.07, 6.45) is 1.19. The summed E-state index contributed by atoms with van der Waals surface area (Å²) >= 11 is 0. The number of methoxy groups -OCH3 is 1. The summed E-state index contributed by atoms with van der Waals surface area (Å²) < 4.78 is 18.4.